The summed E-state index contributed by atoms with van der Waals surface area (Å²) in [5, 5.41) is 8.97. The third-order valence-electron chi connectivity index (χ3n) is 3.02. The average Bonchev–Trinajstić information content (AvgIpc) is 2.37. The van der Waals surface area contributed by atoms with Gasteiger partial charge in [0.1, 0.15) is 5.82 Å². The van der Waals surface area contributed by atoms with E-state index in [0.29, 0.717) is 6.54 Å². The standard InChI is InChI=1S/C14H20FNO4S/c1-5-16(8-9(2)3)21(19,20)11-6-10(4)13(15)12(7-11)14(17)18/h6-7,9H,5,8H2,1-4H3,(H,17,18). The van der Waals surface area contributed by atoms with Gasteiger partial charge in [-0.15, -0.1) is 0 Å². The molecule has 0 aromatic heterocycles. The lowest BCUT2D eigenvalue weighted by Gasteiger charge is -2.22. The summed E-state index contributed by atoms with van der Waals surface area (Å²) in [6, 6.07) is 2.04. The van der Waals surface area contributed by atoms with Crippen molar-refractivity contribution in [1.82, 2.24) is 4.31 Å². The first-order valence-corrected chi connectivity index (χ1v) is 8.08. The van der Waals surface area contributed by atoms with Gasteiger partial charge in [0, 0.05) is 13.1 Å². The van der Waals surface area contributed by atoms with Crippen LogP contribution in [-0.2, 0) is 10.0 Å². The van der Waals surface area contributed by atoms with E-state index in [0.717, 1.165) is 6.07 Å². The van der Waals surface area contributed by atoms with Crippen LogP contribution in [0.25, 0.3) is 0 Å². The molecule has 0 saturated heterocycles. The number of sulfonamides is 1. The first-order chi connectivity index (χ1) is 9.61. The number of hydrogen-bond acceptors (Lipinski definition) is 3. The molecule has 5 nitrogen and oxygen atoms in total. The summed E-state index contributed by atoms with van der Waals surface area (Å²) < 4.78 is 40.1. The van der Waals surface area contributed by atoms with E-state index in [1.54, 1.807) is 6.92 Å². The highest BCUT2D eigenvalue weighted by atomic mass is 32.2. The highest BCUT2D eigenvalue weighted by Crippen LogP contribution is 2.23. The normalized spacial score (nSPS) is 12.1. The summed E-state index contributed by atoms with van der Waals surface area (Å²) in [5.41, 5.74) is -0.636. The van der Waals surface area contributed by atoms with Crippen LogP contribution >= 0.6 is 0 Å². The van der Waals surface area contributed by atoms with Crippen LogP contribution in [-0.4, -0.2) is 36.9 Å². The summed E-state index contributed by atoms with van der Waals surface area (Å²) in [6.45, 7) is 7.40. The Morgan fingerprint density at radius 2 is 1.95 bits per heavy atom. The lowest BCUT2D eigenvalue weighted by atomic mass is 10.1. The van der Waals surface area contributed by atoms with Crippen LogP contribution < -0.4 is 0 Å². The predicted molar refractivity (Wildman–Crippen MR) is 77.4 cm³/mol. The number of aromatic carboxylic acids is 1. The van der Waals surface area contributed by atoms with Gasteiger partial charge in [-0.25, -0.2) is 17.6 Å². The molecule has 0 aliphatic carbocycles. The molecule has 0 heterocycles. The van der Waals surface area contributed by atoms with Gasteiger partial charge in [0.15, 0.2) is 0 Å². The van der Waals surface area contributed by atoms with E-state index in [1.165, 1.54) is 17.3 Å². The second kappa shape index (κ2) is 6.53. The molecule has 1 aromatic carbocycles. The van der Waals surface area contributed by atoms with E-state index in [2.05, 4.69) is 0 Å². The van der Waals surface area contributed by atoms with E-state index in [1.807, 2.05) is 13.8 Å². The maximum atomic E-state index is 13.7. The van der Waals surface area contributed by atoms with Gasteiger partial charge in [0.25, 0.3) is 0 Å². The van der Waals surface area contributed by atoms with Crippen LogP contribution in [0.4, 0.5) is 4.39 Å². The number of carbonyl (C=O) groups is 1. The summed E-state index contributed by atoms with van der Waals surface area (Å²) in [6.07, 6.45) is 0. The first-order valence-electron chi connectivity index (χ1n) is 6.64. The molecule has 0 unspecified atom stereocenters. The van der Waals surface area contributed by atoms with Crippen LogP contribution in [0.2, 0.25) is 0 Å². The molecule has 7 heteroatoms. The van der Waals surface area contributed by atoms with Gasteiger partial charge in [-0.2, -0.15) is 4.31 Å². The zero-order valence-corrected chi connectivity index (χ0v) is 13.4. The zero-order valence-electron chi connectivity index (χ0n) is 12.6. The number of rotatable bonds is 6. The van der Waals surface area contributed by atoms with Gasteiger partial charge in [0.2, 0.25) is 10.0 Å². The molecule has 0 bridgehead atoms. The Hall–Kier alpha value is -1.47. The van der Waals surface area contributed by atoms with E-state index in [-0.39, 0.29) is 22.9 Å². The highest BCUT2D eigenvalue weighted by Gasteiger charge is 2.26. The molecule has 21 heavy (non-hydrogen) atoms. The number of halogens is 1. The quantitative estimate of drug-likeness (QED) is 0.875. The Morgan fingerprint density at radius 1 is 1.38 bits per heavy atom. The fourth-order valence-electron chi connectivity index (χ4n) is 1.99. The summed E-state index contributed by atoms with van der Waals surface area (Å²) in [7, 11) is -3.84. The lowest BCUT2D eigenvalue weighted by Crippen LogP contribution is -2.34. The van der Waals surface area contributed by atoms with Gasteiger partial charge < -0.3 is 5.11 Å². The topological polar surface area (TPSA) is 74.7 Å². The van der Waals surface area contributed by atoms with Gasteiger partial charge in [0.05, 0.1) is 10.5 Å². The van der Waals surface area contributed by atoms with Crippen LogP contribution in [0.15, 0.2) is 17.0 Å². The monoisotopic (exact) mass is 317 g/mol. The van der Waals surface area contributed by atoms with Crippen molar-refractivity contribution < 1.29 is 22.7 Å². The summed E-state index contributed by atoms with van der Waals surface area (Å²) >= 11 is 0. The van der Waals surface area contributed by atoms with E-state index in [9.17, 15) is 17.6 Å². The largest absolute Gasteiger partial charge is 0.478 e. The Labute approximate surface area is 124 Å². The molecule has 0 saturated carbocycles. The molecule has 0 amide bonds. The van der Waals surface area contributed by atoms with Gasteiger partial charge >= 0.3 is 5.97 Å². The van der Waals surface area contributed by atoms with Crippen LogP contribution in [0.3, 0.4) is 0 Å². The average molecular weight is 317 g/mol. The van der Waals surface area contributed by atoms with E-state index < -0.39 is 27.4 Å². The maximum Gasteiger partial charge on any atom is 0.338 e. The van der Waals surface area contributed by atoms with Crippen molar-refractivity contribution in [3.05, 3.63) is 29.1 Å². The molecule has 0 aliphatic heterocycles. The molecule has 1 N–H and O–H groups in total. The molecule has 0 atom stereocenters. The molecule has 0 aliphatic rings. The Balaban J connectivity index is 3.41. The van der Waals surface area contributed by atoms with Crippen molar-refractivity contribution in [2.24, 2.45) is 5.92 Å². The fourth-order valence-corrected chi connectivity index (χ4v) is 3.72. The second-order valence-electron chi connectivity index (χ2n) is 5.26. The van der Waals surface area contributed by atoms with Crippen molar-refractivity contribution in [3.63, 3.8) is 0 Å². The predicted octanol–water partition coefficient (Wildman–Crippen LogP) is 2.50. The van der Waals surface area contributed by atoms with Crippen LogP contribution in [0.5, 0.6) is 0 Å². The van der Waals surface area contributed by atoms with Crippen molar-refractivity contribution in [2.75, 3.05) is 13.1 Å². The second-order valence-corrected chi connectivity index (χ2v) is 7.19. The zero-order chi connectivity index (χ0) is 16.4. The summed E-state index contributed by atoms with van der Waals surface area (Å²) in [4.78, 5) is 10.8. The molecule has 0 fully saturated rings. The first kappa shape index (κ1) is 17.6. The third-order valence-corrected chi connectivity index (χ3v) is 4.94. The Kier molecular flexibility index (Phi) is 5.47. The SMILES string of the molecule is CCN(CC(C)C)S(=O)(=O)c1cc(C)c(F)c(C(=O)O)c1. The third kappa shape index (κ3) is 3.79. The van der Waals surface area contributed by atoms with Crippen LogP contribution in [0, 0.1) is 18.7 Å². The fraction of sp³-hybridized carbons (Fsp3) is 0.500. The maximum absolute atomic E-state index is 13.7. The van der Waals surface area contributed by atoms with E-state index in [4.69, 9.17) is 5.11 Å². The van der Waals surface area contributed by atoms with Gasteiger partial charge in [-0.3, -0.25) is 0 Å². The van der Waals surface area contributed by atoms with Crippen molar-refractivity contribution in [2.45, 2.75) is 32.6 Å². The van der Waals surface area contributed by atoms with Crippen molar-refractivity contribution >= 4 is 16.0 Å². The lowest BCUT2D eigenvalue weighted by molar-refractivity contribution is 0.0691. The molecular weight excluding hydrogens is 297 g/mol. The van der Waals surface area contributed by atoms with Gasteiger partial charge in [-0.1, -0.05) is 20.8 Å². The van der Waals surface area contributed by atoms with Gasteiger partial charge in [-0.05, 0) is 30.5 Å². The molecule has 1 aromatic rings. The van der Waals surface area contributed by atoms with Crippen LogP contribution in [0.1, 0.15) is 36.7 Å². The number of nitrogens with zero attached hydrogens (tertiary/aromatic N) is 1. The molecule has 0 radical (unpaired) electrons. The highest BCUT2D eigenvalue weighted by molar-refractivity contribution is 7.89. The molecule has 118 valence electrons. The van der Waals surface area contributed by atoms with Crippen molar-refractivity contribution in [3.8, 4) is 0 Å². The molecular formula is C14H20FNO4S. The number of aryl methyl sites for hydroxylation is 1. The summed E-state index contributed by atoms with van der Waals surface area (Å²) in [5.74, 6) is -2.27. The number of carboxylic acid groups (broad SMARTS) is 1. The molecule has 0 spiro atoms. The Bertz CT molecular complexity index is 641. The number of carboxylic acids is 1. The van der Waals surface area contributed by atoms with E-state index >= 15 is 0 Å². The van der Waals surface area contributed by atoms with Crippen molar-refractivity contribution in [1.29, 1.82) is 0 Å². The minimum Gasteiger partial charge on any atom is -0.478 e. The number of benzene rings is 1. The Morgan fingerprint density at radius 3 is 2.38 bits per heavy atom. The minimum absolute atomic E-state index is 0.00549. The smallest absolute Gasteiger partial charge is 0.338 e. The number of hydrogen-bond donors (Lipinski definition) is 1. The molecule has 1 rings (SSSR count). The minimum atomic E-state index is -3.84.